The van der Waals surface area contributed by atoms with E-state index in [1.54, 1.807) is 4.68 Å². The van der Waals surface area contributed by atoms with Gasteiger partial charge in [-0.2, -0.15) is 5.10 Å². The lowest BCUT2D eigenvalue weighted by Crippen LogP contribution is -2.44. The number of hydrogen-bond donors (Lipinski definition) is 1. The molecule has 0 aromatic carbocycles. The van der Waals surface area contributed by atoms with Gasteiger partial charge in [-0.15, -0.1) is 0 Å². The lowest BCUT2D eigenvalue weighted by molar-refractivity contribution is -0.132. The summed E-state index contributed by atoms with van der Waals surface area (Å²) in [5.74, 6) is 0.338. The fourth-order valence-corrected chi connectivity index (χ4v) is 2.32. The zero-order chi connectivity index (χ0) is 11.6. The fourth-order valence-electron chi connectivity index (χ4n) is 2.32. The normalized spacial score (nSPS) is 18.1. The Morgan fingerprint density at radius 2 is 2.38 bits per heavy atom. The monoisotopic (exact) mass is 221 g/mol. The maximum absolute atomic E-state index is 12.1. The topological polar surface area (TPSA) is 60.9 Å². The maximum Gasteiger partial charge on any atom is 0.140 e. The molecule has 1 fully saturated rings. The minimum atomic E-state index is -0.178. The molecule has 0 amide bonds. The van der Waals surface area contributed by atoms with Crippen molar-refractivity contribution in [2.75, 3.05) is 6.54 Å². The molecular formula is C12H19N3O. The van der Waals surface area contributed by atoms with Crippen LogP contribution in [0, 0.1) is 5.41 Å². The van der Waals surface area contributed by atoms with Crippen molar-refractivity contribution < 1.29 is 4.79 Å². The smallest absolute Gasteiger partial charge is 0.140 e. The first-order valence-electron chi connectivity index (χ1n) is 5.87. The lowest BCUT2D eigenvalue weighted by atomic mass is 9.65. The van der Waals surface area contributed by atoms with Crippen LogP contribution in [0.3, 0.4) is 0 Å². The summed E-state index contributed by atoms with van der Waals surface area (Å²) >= 11 is 0. The van der Waals surface area contributed by atoms with Gasteiger partial charge in [0, 0.05) is 31.6 Å². The van der Waals surface area contributed by atoms with Crippen LogP contribution in [0.4, 0.5) is 0 Å². The van der Waals surface area contributed by atoms with Crippen molar-refractivity contribution in [2.24, 2.45) is 18.2 Å². The number of rotatable bonds is 5. The largest absolute Gasteiger partial charge is 0.329 e. The van der Waals surface area contributed by atoms with Crippen LogP contribution >= 0.6 is 0 Å². The van der Waals surface area contributed by atoms with Gasteiger partial charge in [-0.3, -0.25) is 9.48 Å². The molecule has 0 unspecified atom stereocenters. The number of ketones is 1. The quantitative estimate of drug-likeness (QED) is 0.808. The van der Waals surface area contributed by atoms with Gasteiger partial charge in [-0.25, -0.2) is 0 Å². The first-order valence-corrected chi connectivity index (χ1v) is 5.87. The standard InChI is InChI=1S/C12H19N3O/c1-15-8-10(7-14-15)3-4-11(16)12(9-13)5-2-6-12/h7-8H,2-6,9,13H2,1H3. The van der Waals surface area contributed by atoms with E-state index in [0.29, 0.717) is 18.7 Å². The summed E-state index contributed by atoms with van der Waals surface area (Å²) in [6.45, 7) is 0.513. The van der Waals surface area contributed by atoms with Gasteiger partial charge in [0.25, 0.3) is 0 Å². The number of nitrogens with two attached hydrogens (primary N) is 1. The first-order chi connectivity index (χ1) is 7.66. The molecule has 0 bridgehead atoms. The molecule has 0 atom stereocenters. The highest BCUT2D eigenvalue weighted by molar-refractivity contribution is 5.86. The second-order valence-electron chi connectivity index (χ2n) is 4.78. The molecule has 1 aromatic heterocycles. The van der Waals surface area contributed by atoms with Crippen molar-refractivity contribution >= 4 is 5.78 Å². The Morgan fingerprint density at radius 1 is 1.62 bits per heavy atom. The summed E-state index contributed by atoms with van der Waals surface area (Å²) < 4.78 is 1.77. The predicted molar refractivity (Wildman–Crippen MR) is 61.9 cm³/mol. The molecule has 88 valence electrons. The number of carbonyl (C=O) groups excluding carboxylic acids is 1. The van der Waals surface area contributed by atoms with E-state index in [4.69, 9.17) is 5.73 Å². The third-order valence-electron chi connectivity index (χ3n) is 3.69. The molecule has 1 saturated carbocycles. The minimum Gasteiger partial charge on any atom is -0.329 e. The zero-order valence-corrected chi connectivity index (χ0v) is 9.78. The third kappa shape index (κ3) is 2.02. The molecule has 0 radical (unpaired) electrons. The van der Waals surface area contributed by atoms with Gasteiger partial charge in [0.2, 0.25) is 0 Å². The second-order valence-corrected chi connectivity index (χ2v) is 4.78. The average molecular weight is 221 g/mol. The number of nitrogens with zero attached hydrogens (tertiary/aromatic N) is 2. The molecule has 1 aromatic rings. The van der Waals surface area contributed by atoms with Crippen molar-refractivity contribution in [1.29, 1.82) is 0 Å². The molecule has 0 spiro atoms. The van der Waals surface area contributed by atoms with Crippen LogP contribution in [0.1, 0.15) is 31.2 Å². The molecule has 0 aliphatic heterocycles. The van der Waals surface area contributed by atoms with Crippen LogP contribution < -0.4 is 5.73 Å². The highest BCUT2D eigenvalue weighted by Crippen LogP contribution is 2.41. The van der Waals surface area contributed by atoms with Crippen LogP contribution in [-0.4, -0.2) is 22.1 Å². The van der Waals surface area contributed by atoms with E-state index in [1.807, 2.05) is 19.4 Å². The number of carbonyl (C=O) groups is 1. The summed E-state index contributed by atoms with van der Waals surface area (Å²) in [5.41, 5.74) is 6.65. The Hall–Kier alpha value is -1.16. The van der Waals surface area contributed by atoms with E-state index in [1.165, 1.54) is 0 Å². The van der Waals surface area contributed by atoms with Crippen molar-refractivity contribution in [2.45, 2.75) is 32.1 Å². The number of aromatic nitrogens is 2. The molecule has 16 heavy (non-hydrogen) atoms. The maximum atomic E-state index is 12.1. The molecule has 1 heterocycles. The molecule has 4 nitrogen and oxygen atoms in total. The summed E-state index contributed by atoms with van der Waals surface area (Å²) in [6, 6.07) is 0. The van der Waals surface area contributed by atoms with Crippen molar-refractivity contribution in [3.8, 4) is 0 Å². The molecular weight excluding hydrogens is 202 g/mol. The Labute approximate surface area is 95.8 Å². The Balaban J connectivity index is 1.88. The van der Waals surface area contributed by atoms with Crippen molar-refractivity contribution in [3.05, 3.63) is 18.0 Å². The molecule has 1 aliphatic rings. The lowest BCUT2D eigenvalue weighted by Gasteiger charge is -2.39. The Kier molecular flexibility index (Phi) is 3.10. The highest BCUT2D eigenvalue weighted by atomic mass is 16.1. The van der Waals surface area contributed by atoms with Crippen LogP contribution in [0.2, 0.25) is 0 Å². The second kappa shape index (κ2) is 4.37. The highest BCUT2D eigenvalue weighted by Gasteiger charge is 2.41. The van der Waals surface area contributed by atoms with Crippen LogP contribution in [0.5, 0.6) is 0 Å². The molecule has 0 saturated heterocycles. The zero-order valence-electron chi connectivity index (χ0n) is 9.78. The van der Waals surface area contributed by atoms with Crippen molar-refractivity contribution in [1.82, 2.24) is 9.78 Å². The van der Waals surface area contributed by atoms with E-state index in [2.05, 4.69) is 5.10 Å². The van der Waals surface area contributed by atoms with Gasteiger partial charge in [0.1, 0.15) is 5.78 Å². The molecule has 4 heteroatoms. The van der Waals surface area contributed by atoms with Crippen LogP contribution in [-0.2, 0) is 18.3 Å². The Bertz CT molecular complexity index is 374. The predicted octanol–water partition coefficient (Wildman–Crippen LogP) is 1.05. The van der Waals surface area contributed by atoms with Crippen molar-refractivity contribution in [3.63, 3.8) is 0 Å². The summed E-state index contributed by atoms with van der Waals surface area (Å²) in [5, 5.41) is 4.09. The van der Waals surface area contributed by atoms with Crippen LogP contribution in [0.25, 0.3) is 0 Å². The van der Waals surface area contributed by atoms with E-state index >= 15 is 0 Å². The minimum absolute atomic E-state index is 0.178. The number of Topliss-reactive ketones (excluding diaryl/α,β-unsaturated/α-hetero) is 1. The average Bonchev–Trinajstić information content (AvgIpc) is 2.60. The van der Waals surface area contributed by atoms with Crippen LogP contribution in [0.15, 0.2) is 12.4 Å². The number of hydrogen-bond acceptors (Lipinski definition) is 3. The van der Waals surface area contributed by atoms with E-state index < -0.39 is 0 Å². The van der Waals surface area contributed by atoms with E-state index in [0.717, 1.165) is 31.2 Å². The van der Waals surface area contributed by atoms with Gasteiger partial charge < -0.3 is 5.73 Å². The first kappa shape index (κ1) is 11.3. The SMILES string of the molecule is Cn1cc(CCC(=O)C2(CN)CCC2)cn1. The van der Waals surface area contributed by atoms with Gasteiger partial charge in [-0.1, -0.05) is 6.42 Å². The Morgan fingerprint density at radius 3 is 2.81 bits per heavy atom. The van der Waals surface area contributed by atoms with Gasteiger partial charge in [-0.05, 0) is 24.8 Å². The van der Waals surface area contributed by atoms with E-state index in [-0.39, 0.29) is 5.41 Å². The van der Waals surface area contributed by atoms with Gasteiger partial charge in [0.15, 0.2) is 0 Å². The van der Waals surface area contributed by atoms with E-state index in [9.17, 15) is 4.79 Å². The van der Waals surface area contributed by atoms with Gasteiger partial charge >= 0.3 is 0 Å². The molecule has 2 N–H and O–H groups in total. The molecule has 2 rings (SSSR count). The fraction of sp³-hybridized carbons (Fsp3) is 0.667. The molecule has 1 aliphatic carbocycles. The summed E-state index contributed by atoms with van der Waals surface area (Å²) in [4.78, 5) is 12.1. The third-order valence-corrected chi connectivity index (χ3v) is 3.69. The number of aryl methyl sites for hydroxylation is 2. The van der Waals surface area contributed by atoms with Gasteiger partial charge in [0.05, 0.1) is 6.20 Å². The summed E-state index contributed by atoms with van der Waals surface area (Å²) in [7, 11) is 1.89. The summed E-state index contributed by atoms with van der Waals surface area (Å²) in [6.07, 6.45) is 8.28.